The Balaban J connectivity index is 0.000000362. The fourth-order valence-electron chi connectivity index (χ4n) is 0.710. The minimum absolute atomic E-state index is 0.0666. The van der Waals surface area contributed by atoms with Gasteiger partial charge >= 0.3 is 18.3 Å². The van der Waals surface area contributed by atoms with Crippen LogP contribution in [-0.2, 0) is 28.4 Å². The molecule has 3 N–H and O–H groups in total. The zero-order valence-corrected chi connectivity index (χ0v) is 11.8. The summed E-state index contributed by atoms with van der Waals surface area (Å²) in [5.41, 5.74) is 0.956. The van der Waals surface area contributed by atoms with Crippen LogP contribution in [0.5, 0.6) is 0 Å². The van der Waals surface area contributed by atoms with E-state index in [1.807, 2.05) is 6.92 Å². The first-order chi connectivity index (χ1) is 8.25. The third-order valence-electron chi connectivity index (χ3n) is 1.59. The highest BCUT2D eigenvalue weighted by molar-refractivity contribution is 8.62. The van der Waals surface area contributed by atoms with Crippen LogP contribution in [0, 0.1) is 6.92 Å². The molecular formula is C7H10O9S3. The second-order valence-electron chi connectivity index (χ2n) is 3.14. The zero-order valence-electron chi connectivity index (χ0n) is 9.33. The highest BCUT2D eigenvalue weighted by Crippen LogP contribution is 2.08. The van der Waals surface area contributed by atoms with Crippen molar-refractivity contribution < 1.29 is 38.9 Å². The largest absolute Gasteiger partial charge is 0.397 e. The van der Waals surface area contributed by atoms with Crippen molar-refractivity contribution in [1.82, 2.24) is 0 Å². The topological polar surface area (TPSA) is 163 Å². The fourth-order valence-corrected chi connectivity index (χ4v) is 1.19. The summed E-state index contributed by atoms with van der Waals surface area (Å²) in [5.74, 6) is 0. The molecule has 0 spiro atoms. The maximum Gasteiger partial charge on any atom is 0.397 e. The van der Waals surface area contributed by atoms with Crippen molar-refractivity contribution in [2.45, 2.75) is 11.8 Å². The standard InChI is InChI=1S/C7H8O3S.H2O6S2/c1-6-2-4-7(5-3-6)11(8,9)10;1-7(2,3)8(4,5)6/h2-5H,1H3,(H,8,9,10);(H,1,2,3)(H,4,5,6). The second-order valence-corrected chi connectivity index (χ2v) is 8.80. The summed E-state index contributed by atoms with van der Waals surface area (Å²) in [6, 6.07) is 5.99. The predicted octanol–water partition coefficient (Wildman–Crippen LogP) is -0.0813. The Morgan fingerprint density at radius 1 is 0.737 bits per heavy atom. The highest BCUT2D eigenvalue weighted by Gasteiger charge is 2.22. The van der Waals surface area contributed by atoms with Crippen molar-refractivity contribution >= 4 is 28.4 Å². The summed E-state index contributed by atoms with van der Waals surface area (Å²) in [6.07, 6.45) is 0. The molecule has 1 aromatic carbocycles. The van der Waals surface area contributed by atoms with E-state index >= 15 is 0 Å². The van der Waals surface area contributed by atoms with Gasteiger partial charge in [-0.25, -0.2) is 0 Å². The number of hydrogen-bond donors (Lipinski definition) is 3. The van der Waals surface area contributed by atoms with E-state index in [0.29, 0.717) is 0 Å². The molecule has 0 saturated carbocycles. The molecule has 0 saturated heterocycles. The van der Waals surface area contributed by atoms with Crippen LogP contribution in [-0.4, -0.2) is 38.9 Å². The van der Waals surface area contributed by atoms with Crippen LogP contribution in [0.2, 0.25) is 0 Å². The smallest absolute Gasteiger partial charge is 0.282 e. The van der Waals surface area contributed by atoms with Crippen molar-refractivity contribution in [2.75, 3.05) is 0 Å². The molecule has 0 heterocycles. The lowest BCUT2D eigenvalue weighted by Gasteiger charge is -1.95. The maximum atomic E-state index is 10.5. The monoisotopic (exact) mass is 334 g/mol. The summed E-state index contributed by atoms with van der Waals surface area (Å²) < 4.78 is 82.0. The van der Waals surface area contributed by atoms with Crippen LogP contribution in [0.25, 0.3) is 0 Å². The van der Waals surface area contributed by atoms with Gasteiger partial charge < -0.3 is 0 Å². The van der Waals surface area contributed by atoms with E-state index in [-0.39, 0.29) is 4.90 Å². The van der Waals surface area contributed by atoms with Gasteiger partial charge in [-0.05, 0) is 19.1 Å². The molecular weight excluding hydrogens is 324 g/mol. The van der Waals surface area contributed by atoms with Gasteiger partial charge in [0.1, 0.15) is 0 Å². The van der Waals surface area contributed by atoms with Crippen molar-refractivity contribution in [3.8, 4) is 0 Å². The molecule has 0 fully saturated rings. The molecule has 19 heavy (non-hydrogen) atoms. The van der Waals surface area contributed by atoms with Crippen molar-refractivity contribution in [2.24, 2.45) is 0 Å². The molecule has 1 rings (SSSR count). The first-order valence-electron chi connectivity index (χ1n) is 4.24. The summed E-state index contributed by atoms with van der Waals surface area (Å²) >= 11 is 0. The normalized spacial score (nSPS) is 12.4. The Bertz CT molecular complexity index is 696. The Labute approximate surface area is 109 Å². The van der Waals surface area contributed by atoms with E-state index < -0.39 is 28.4 Å². The molecule has 0 atom stereocenters. The molecule has 12 heteroatoms. The Morgan fingerprint density at radius 2 is 1.05 bits per heavy atom. The molecule has 1 aromatic rings. The number of hydrogen-bond acceptors (Lipinski definition) is 6. The number of rotatable bonds is 2. The van der Waals surface area contributed by atoms with E-state index in [0.717, 1.165) is 5.56 Å². The predicted molar refractivity (Wildman–Crippen MR) is 64.1 cm³/mol. The van der Waals surface area contributed by atoms with Gasteiger partial charge in [0.25, 0.3) is 10.1 Å². The second kappa shape index (κ2) is 5.94. The molecule has 0 bridgehead atoms. The highest BCUT2D eigenvalue weighted by atomic mass is 33.2. The molecule has 0 amide bonds. The molecule has 0 aromatic heterocycles. The van der Waals surface area contributed by atoms with Crippen LogP contribution < -0.4 is 0 Å². The third kappa shape index (κ3) is 6.60. The van der Waals surface area contributed by atoms with Gasteiger partial charge in [-0.1, -0.05) is 17.7 Å². The van der Waals surface area contributed by atoms with Crippen molar-refractivity contribution in [1.29, 1.82) is 0 Å². The van der Waals surface area contributed by atoms with Gasteiger partial charge in [0.15, 0.2) is 0 Å². The lowest BCUT2D eigenvalue weighted by Crippen LogP contribution is -2.11. The SMILES string of the molecule is Cc1ccc(S(=O)(=O)O)cc1.O=S(=O)(O)S(=O)(=O)O. The van der Waals surface area contributed by atoms with Crippen LogP contribution in [0.15, 0.2) is 29.2 Å². The Morgan fingerprint density at radius 3 is 1.26 bits per heavy atom. The zero-order chi connectivity index (χ0) is 15.5. The van der Waals surface area contributed by atoms with Crippen LogP contribution >= 0.6 is 0 Å². The minimum atomic E-state index is -5.31. The van der Waals surface area contributed by atoms with Crippen molar-refractivity contribution in [3.63, 3.8) is 0 Å². The molecule has 0 aliphatic rings. The van der Waals surface area contributed by atoms with Gasteiger partial charge in [0.05, 0.1) is 4.90 Å². The van der Waals surface area contributed by atoms with Gasteiger partial charge in [-0.15, -0.1) is 0 Å². The minimum Gasteiger partial charge on any atom is -0.282 e. The van der Waals surface area contributed by atoms with E-state index in [9.17, 15) is 25.3 Å². The van der Waals surface area contributed by atoms with Crippen LogP contribution in [0.3, 0.4) is 0 Å². The molecule has 0 unspecified atom stereocenters. The lowest BCUT2D eigenvalue weighted by atomic mass is 10.2. The van der Waals surface area contributed by atoms with E-state index in [1.165, 1.54) is 12.1 Å². The summed E-state index contributed by atoms with van der Waals surface area (Å²) in [5, 5.41) is 0. The van der Waals surface area contributed by atoms with Crippen LogP contribution in [0.4, 0.5) is 0 Å². The number of benzene rings is 1. The summed E-state index contributed by atoms with van der Waals surface area (Å²) in [4.78, 5) is -0.0666. The summed E-state index contributed by atoms with van der Waals surface area (Å²) in [6.45, 7) is 1.84. The van der Waals surface area contributed by atoms with Crippen molar-refractivity contribution in [3.05, 3.63) is 29.8 Å². The quantitative estimate of drug-likeness (QED) is 0.495. The van der Waals surface area contributed by atoms with Gasteiger partial charge in [0, 0.05) is 0 Å². The molecule has 110 valence electrons. The first kappa shape index (κ1) is 17.9. The van der Waals surface area contributed by atoms with E-state index in [4.69, 9.17) is 13.7 Å². The van der Waals surface area contributed by atoms with Gasteiger partial charge in [0.2, 0.25) is 0 Å². The average molecular weight is 334 g/mol. The Hall–Kier alpha value is -1.05. The number of aryl methyl sites for hydroxylation is 1. The van der Waals surface area contributed by atoms with Gasteiger partial charge in [-0.3, -0.25) is 13.7 Å². The van der Waals surface area contributed by atoms with E-state index in [1.54, 1.807) is 12.1 Å². The Kier molecular flexibility index (Phi) is 5.61. The average Bonchev–Trinajstić information content (AvgIpc) is 2.14. The van der Waals surface area contributed by atoms with E-state index in [2.05, 4.69) is 0 Å². The fraction of sp³-hybridized carbons (Fsp3) is 0.143. The summed E-state index contributed by atoms with van der Waals surface area (Å²) in [7, 11) is -14.6. The first-order valence-corrected chi connectivity index (χ1v) is 9.08. The third-order valence-corrected chi connectivity index (χ3v) is 4.58. The maximum absolute atomic E-state index is 10.5. The van der Waals surface area contributed by atoms with Gasteiger partial charge in [-0.2, -0.15) is 25.3 Å². The molecule has 9 nitrogen and oxygen atoms in total. The lowest BCUT2D eigenvalue weighted by molar-refractivity contribution is 0.460. The molecule has 0 radical (unpaired) electrons. The molecule has 0 aliphatic carbocycles. The van der Waals surface area contributed by atoms with Crippen LogP contribution in [0.1, 0.15) is 5.56 Å². The molecule has 0 aliphatic heterocycles.